The van der Waals surface area contributed by atoms with Crippen LogP contribution in [0.15, 0.2) is 12.3 Å². The van der Waals surface area contributed by atoms with Crippen LogP contribution in [-0.2, 0) is 0 Å². The molecule has 0 aliphatic heterocycles. The topological polar surface area (TPSA) is 22.1 Å². The van der Waals surface area contributed by atoms with E-state index in [9.17, 15) is 8.78 Å². The van der Waals surface area contributed by atoms with E-state index in [4.69, 9.17) is 4.74 Å². The van der Waals surface area contributed by atoms with Gasteiger partial charge in [-0.05, 0) is 19.3 Å². The van der Waals surface area contributed by atoms with E-state index >= 15 is 0 Å². The molecule has 0 radical (unpaired) electrons. The summed E-state index contributed by atoms with van der Waals surface area (Å²) >= 11 is 0. The molecule has 0 saturated heterocycles. The summed E-state index contributed by atoms with van der Waals surface area (Å²) in [6, 6.07) is 1.03. The monoisotopic (exact) mass is 185 g/mol. The van der Waals surface area contributed by atoms with E-state index in [2.05, 4.69) is 4.98 Å². The molecule has 2 nitrogen and oxygen atoms in total. The molecule has 0 amide bonds. The maximum Gasteiger partial charge on any atom is 0.249 e. The number of hydrogen-bond donors (Lipinski definition) is 0. The van der Waals surface area contributed by atoms with Crippen molar-refractivity contribution in [1.82, 2.24) is 4.98 Å². The average Bonchev–Trinajstić information content (AvgIpc) is 2.04. The van der Waals surface area contributed by atoms with Gasteiger partial charge in [0, 0.05) is 6.07 Å². The average molecular weight is 185 g/mol. The number of pyridine rings is 1. The van der Waals surface area contributed by atoms with Crippen molar-refractivity contribution in [2.45, 2.75) is 25.4 Å². The van der Waals surface area contributed by atoms with Crippen molar-refractivity contribution in [3.8, 4) is 5.75 Å². The number of halogens is 2. The third-order valence-corrected chi connectivity index (χ3v) is 2.13. The number of nitrogens with zero attached hydrogens (tertiary/aromatic N) is 1. The fraction of sp³-hybridized carbons (Fsp3) is 0.444. The summed E-state index contributed by atoms with van der Waals surface area (Å²) in [5.74, 6) is -1.73. The quantitative estimate of drug-likeness (QED) is 0.659. The van der Waals surface area contributed by atoms with Crippen LogP contribution in [0.3, 0.4) is 0 Å². The number of aromatic nitrogens is 1. The standard InChI is InChI=1S/C9H9F2NO/c10-8-4-7(5-12-9(8)11)13-6-2-1-3-6/h4-6H,1-3H2. The lowest BCUT2D eigenvalue weighted by atomic mass is 9.96. The van der Waals surface area contributed by atoms with Gasteiger partial charge in [-0.25, -0.2) is 9.37 Å². The molecule has 0 unspecified atom stereocenters. The maximum absolute atomic E-state index is 12.6. The van der Waals surface area contributed by atoms with E-state index < -0.39 is 11.8 Å². The van der Waals surface area contributed by atoms with Crippen LogP contribution in [0.2, 0.25) is 0 Å². The molecule has 0 bridgehead atoms. The highest BCUT2D eigenvalue weighted by Gasteiger charge is 2.19. The van der Waals surface area contributed by atoms with Gasteiger partial charge in [0.15, 0.2) is 5.82 Å². The Kier molecular flexibility index (Phi) is 2.12. The Morgan fingerprint density at radius 1 is 1.38 bits per heavy atom. The lowest BCUT2D eigenvalue weighted by Crippen LogP contribution is -2.24. The molecule has 1 saturated carbocycles. The SMILES string of the molecule is Fc1cc(OC2CCC2)cnc1F. The minimum Gasteiger partial charge on any atom is -0.489 e. The van der Waals surface area contributed by atoms with Crippen LogP contribution in [0.1, 0.15) is 19.3 Å². The Balaban J connectivity index is 2.07. The summed E-state index contributed by atoms with van der Waals surface area (Å²) in [6.45, 7) is 0. The predicted octanol–water partition coefficient (Wildman–Crippen LogP) is 2.29. The summed E-state index contributed by atoms with van der Waals surface area (Å²) in [5.41, 5.74) is 0. The maximum atomic E-state index is 12.6. The molecule has 1 aliphatic carbocycles. The fourth-order valence-electron chi connectivity index (χ4n) is 1.15. The van der Waals surface area contributed by atoms with Crippen LogP contribution in [0, 0.1) is 11.8 Å². The first-order valence-electron chi connectivity index (χ1n) is 4.23. The Labute approximate surface area is 74.5 Å². The summed E-state index contributed by atoms with van der Waals surface area (Å²) in [5, 5.41) is 0. The minimum absolute atomic E-state index is 0.159. The van der Waals surface area contributed by atoms with E-state index in [1.807, 2.05) is 0 Å². The van der Waals surface area contributed by atoms with Crippen molar-refractivity contribution in [1.29, 1.82) is 0 Å². The molecule has 0 spiro atoms. The van der Waals surface area contributed by atoms with Crippen LogP contribution in [0.5, 0.6) is 5.75 Å². The Bertz CT molecular complexity index is 312. The van der Waals surface area contributed by atoms with Crippen LogP contribution in [0.4, 0.5) is 8.78 Å². The lowest BCUT2D eigenvalue weighted by molar-refractivity contribution is 0.119. The molecule has 0 atom stereocenters. The Morgan fingerprint density at radius 3 is 2.69 bits per heavy atom. The highest BCUT2D eigenvalue weighted by Crippen LogP contribution is 2.25. The molecule has 2 rings (SSSR count). The van der Waals surface area contributed by atoms with Crippen molar-refractivity contribution in [2.75, 3.05) is 0 Å². The van der Waals surface area contributed by atoms with Gasteiger partial charge in [-0.15, -0.1) is 0 Å². The van der Waals surface area contributed by atoms with Crippen molar-refractivity contribution in [3.63, 3.8) is 0 Å². The molecule has 4 heteroatoms. The van der Waals surface area contributed by atoms with E-state index in [-0.39, 0.29) is 6.10 Å². The zero-order valence-corrected chi connectivity index (χ0v) is 6.96. The summed E-state index contributed by atoms with van der Waals surface area (Å²) in [6.07, 6.45) is 4.47. The fourth-order valence-corrected chi connectivity index (χ4v) is 1.15. The van der Waals surface area contributed by atoms with Crippen molar-refractivity contribution < 1.29 is 13.5 Å². The third-order valence-electron chi connectivity index (χ3n) is 2.13. The van der Waals surface area contributed by atoms with Gasteiger partial charge in [-0.1, -0.05) is 0 Å². The summed E-state index contributed by atoms with van der Waals surface area (Å²) in [7, 11) is 0. The van der Waals surface area contributed by atoms with Crippen molar-refractivity contribution >= 4 is 0 Å². The molecule has 1 aliphatic rings. The van der Waals surface area contributed by atoms with E-state index in [1.54, 1.807) is 0 Å². The largest absolute Gasteiger partial charge is 0.489 e. The second-order valence-electron chi connectivity index (χ2n) is 3.11. The van der Waals surface area contributed by atoms with Crippen molar-refractivity contribution in [3.05, 3.63) is 24.0 Å². The van der Waals surface area contributed by atoms with Crippen molar-refractivity contribution in [2.24, 2.45) is 0 Å². The molecule has 1 fully saturated rings. The Hall–Kier alpha value is -1.19. The van der Waals surface area contributed by atoms with Crippen LogP contribution >= 0.6 is 0 Å². The molecular formula is C9H9F2NO. The smallest absolute Gasteiger partial charge is 0.249 e. The number of rotatable bonds is 2. The van der Waals surface area contributed by atoms with E-state index in [1.165, 1.54) is 6.20 Å². The van der Waals surface area contributed by atoms with Crippen LogP contribution < -0.4 is 4.74 Å². The minimum atomic E-state index is -1.08. The van der Waals surface area contributed by atoms with Gasteiger partial charge < -0.3 is 4.74 Å². The highest BCUT2D eigenvalue weighted by atomic mass is 19.2. The van der Waals surface area contributed by atoms with Crippen LogP contribution in [-0.4, -0.2) is 11.1 Å². The van der Waals surface area contributed by atoms with Gasteiger partial charge in [0.25, 0.3) is 0 Å². The van der Waals surface area contributed by atoms with Crippen LogP contribution in [0.25, 0.3) is 0 Å². The molecule has 13 heavy (non-hydrogen) atoms. The molecule has 1 aromatic rings. The van der Waals surface area contributed by atoms with Gasteiger partial charge in [0.05, 0.1) is 12.3 Å². The molecular weight excluding hydrogens is 176 g/mol. The van der Waals surface area contributed by atoms with Gasteiger partial charge >= 0.3 is 0 Å². The molecule has 1 aromatic heterocycles. The van der Waals surface area contributed by atoms with Gasteiger partial charge in [-0.3, -0.25) is 0 Å². The normalized spacial score (nSPS) is 16.8. The summed E-state index contributed by atoms with van der Waals surface area (Å²) < 4.78 is 30.3. The van der Waals surface area contributed by atoms with Gasteiger partial charge in [-0.2, -0.15) is 4.39 Å². The van der Waals surface area contributed by atoms with E-state index in [0.29, 0.717) is 5.75 Å². The molecule has 1 heterocycles. The molecule has 0 aromatic carbocycles. The zero-order valence-electron chi connectivity index (χ0n) is 6.96. The summed E-state index contributed by atoms with van der Waals surface area (Å²) in [4.78, 5) is 3.22. The first-order valence-corrected chi connectivity index (χ1v) is 4.23. The zero-order chi connectivity index (χ0) is 9.26. The Morgan fingerprint density at radius 2 is 2.15 bits per heavy atom. The second-order valence-corrected chi connectivity index (χ2v) is 3.11. The van der Waals surface area contributed by atoms with Gasteiger partial charge in [0.1, 0.15) is 5.75 Å². The lowest BCUT2D eigenvalue weighted by Gasteiger charge is -2.26. The molecule has 0 N–H and O–H groups in total. The first kappa shape index (κ1) is 8.41. The second kappa shape index (κ2) is 3.28. The van der Waals surface area contributed by atoms with E-state index in [0.717, 1.165) is 25.3 Å². The number of hydrogen-bond acceptors (Lipinski definition) is 2. The molecule has 70 valence electrons. The highest BCUT2D eigenvalue weighted by molar-refractivity contribution is 5.18. The number of ether oxygens (including phenoxy) is 1. The third kappa shape index (κ3) is 1.76. The van der Waals surface area contributed by atoms with Gasteiger partial charge in [0.2, 0.25) is 5.95 Å². The predicted molar refractivity (Wildman–Crippen MR) is 42.4 cm³/mol. The first-order chi connectivity index (χ1) is 6.25.